The largest absolute Gasteiger partial charge is 0.388 e. The second-order valence-electron chi connectivity index (χ2n) is 4.87. The van der Waals surface area contributed by atoms with Gasteiger partial charge in [-0.25, -0.2) is 0 Å². The summed E-state index contributed by atoms with van der Waals surface area (Å²) in [7, 11) is 1.94. The van der Waals surface area contributed by atoms with Crippen molar-refractivity contribution in [3.8, 4) is 0 Å². The fraction of sp³-hybridized carbons (Fsp3) is 0.176. The van der Waals surface area contributed by atoms with Crippen LogP contribution in [-0.4, -0.2) is 18.6 Å². The van der Waals surface area contributed by atoms with E-state index in [0.717, 1.165) is 24.3 Å². The quantitative estimate of drug-likeness (QED) is 0.655. The summed E-state index contributed by atoms with van der Waals surface area (Å²) in [5, 5.41) is 7.94. The van der Waals surface area contributed by atoms with Crippen LogP contribution in [-0.2, 0) is 6.42 Å². The Morgan fingerprint density at radius 1 is 1.00 bits per heavy atom. The molecular weight excluding hydrogens is 246 g/mol. The van der Waals surface area contributed by atoms with Crippen LogP contribution in [0.5, 0.6) is 0 Å². The molecule has 0 aliphatic carbocycles. The van der Waals surface area contributed by atoms with Crippen molar-refractivity contribution in [3.05, 3.63) is 60.3 Å². The number of aromatic amines is 1. The molecular formula is C17H19N3. The van der Waals surface area contributed by atoms with Crippen LogP contribution in [0.15, 0.2) is 54.7 Å². The lowest BCUT2D eigenvalue weighted by Gasteiger charge is -2.08. The molecule has 0 bridgehead atoms. The minimum Gasteiger partial charge on any atom is -0.388 e. The summed E-state index contributed by atoms with van der Waals surface area (Å²) < 4.78 is 0. The molecule has 3 heteroatoms. The first-order valence-electron chi connectivity index (χ1n) is 6.93. The van der Waals surface area contributed by atoms with Crippen molar-refractivity contribution in [2.45, 2.75) is 6.42 Å². The third-order valence-corrected chi connectivity index (χ3v) is 3.55. The molecule has 3 N–H and O–H groups in total. The van der Waals surface area contributed by atoms with Gasteiger partial charge in [0.05, 0.1) is 0 Å². The van der Waals surface area contributed by atoms with E-state index in [-0.39, 0.29) is 0 Å². The van der Waals surface area contributed by atoms with Crippen LogP contribution in [0.25, 0.3) is 10.9 Å². The molecule has 0 amide bonds. The van der Waals surface area contributed by atoms with E-state index in [4.69, 9.17) is 0 Å². The van der Waals surface area contributed by atoms with Gasteiger partial charge in [-0.15, -0.1) is 0 Å². The van der Waals surface area contributed by atoms with E-state index < -0.39 is 0 Å². The topological polar surface area (TPSA) is 39.8 Å². The smallest absolute Gasteiger partial charge is 0.0456 e. The number of hydrogen-bond acceptors (Lipinski definition) is 2. The summed E-state index contributed by atoms with van der Waals surface area (Å²) in [6, 6.07) is 16.8. The standard InChI is InChI=1S/C17H19N3/c1-18-14-5-4-6-15(11-14)19-10-9-13-12-20-17-8-3-2-7-16(13)17/h2-8,11-12,18-20H,9-10H2,1H3. The molecule has 0 atom stereocenters. The molecule has 3 rings (SSSR count). The van der Waals surface area contributed by atoms with Crippen molar-refractivity contribution in [3.63, 3.8) is 0 Å². The molecule has 2 aromatic carbocycles. The molecule has 1 heterocycles. The molecule has 3 aromatic rings. The third-order valence-electron chi connectivity index (χ3n) is 3.55. The van der Waals surface area contributed by atoms with E-state index >= 15 is 0 Å². The Labute approximate surface area is 119 Å². The van der Waals surface area contributed by atoms with Crippen LogP contribution >= 0.6 is 0 Å². The zero-order chi connectivity index (χ0) is 13.8. The first-order valence-corrected chi connectivity index (χ1v) is 6.93. The van der Waals surface area contributed by atoms with Gasteiger partial charge in [0, 0.05) is 42.1 Å². The zero-order valence-electron chi connectivity index (χ0n) is 11.6. The highest BCUT2D eigenvalue weighted by molar-refractivity contribution is 5.83. The number of hydrogen-bond donors (Lipinski definition) is 3. The van der Waals surface area contributed by atoms with Crippen LogP contribution in [0.2, 0.25) is 0 Å². The van der Waals surface area contributed by atoms with Gasteiger partial charge in [0.25, 0.3) is 0 Å². The lowest BCUT2D eigenvalue weighted by Crippen LogP contribution is -2.04. The van der Waals surface area contributed by atoms with E-state index in [1.165, 1.54) is 16.5 Å². The Morgan fingerprint density at radius 3 is 2.75 bits per heavy atom. The van der Waals surface area contributed by atoms with Crippen molar-refractivity contribution in [2.75, 3.05) is 24.2 Å². The summed E-state index contributed by atoms with van der Waals surface area (Å²) in [4.78, 5) is 3.32. The van der Waals surface area contributed by atoms with Gasteiger partial charge in [-0.1, -0.05) is 24.3 Å². The number of para-hydroxylation sites is 1. The first-order chi connectivity index (χ1) is 9.86. The highest BCUT2D eigenvalue weighted by Gasteiger charge is 2.02. The average Bonchev–Trinajstić information content (AvgIpc) is 2.91. The number of rotatable bonds is 5. The first kappa shape index (κ1) is 12.6. The average molecular weight is 265 g/mol. The van der Waals surface area contributed by atoms with Crippen LogP contribution in [0.1, 0.15) is 5.56 Å². The Hall–Kier alpha value is -2.42. The minimum absolute atomic E-state index is 0.926. The molecule has 0 radical (unpaired) electrons. The van der Waals surface area contributed by atoms with Gasteiger partial charge in [-0.3, -0.25) is 0 Å². The van der Waals surface area contributed by atoms with E-state index in [0.29, 0.717) is 0 Å². The van der Waals surface area contributed by atoms with Crippen molar-refractivity contribution >= 4 is 22.3 Å². The maximum Gasteiger partial charge on any atom is 0.0456 e. The van der Waals surface area contributed by atoms with Gasteiger partial charge in [0.2, 0.25) is 0 Å². The third kappa shape index (κ3) is 2.62. The van der Waals surface area contributed by atoms with Gasteiger partial charge in [0.1, 0.15) is 0 Å². The number of H-pyrrole nitrogens is 1. The Bertz CT molecular complexity index is 700. The lowest BCUT2D eigenvalue weighted by molar-refractivity contribution is 1.03. The number of nitrogens with one attached hydrogen (secondary N) is 3. The molecule has 1 aromatic heterocycles. The predicted molar refractivity (Wildman–Crippen MR) is 86.5 cm³/mol. The number of anilines is 2. The van der Waals surface area contributed by atoms with Crippen LogP contribution in [0, 0.1) is 0 Å². The second-order valence-corrected chi connectivity index (χ2v) is 4.87. The molecule has 3 nitrogen and oxygen atoms in total. The fourth-order valence-electron chi connectivity index (χ4n) is 2.46. The molecule has 20 heavy (non-hydrogen) atoms. The number of aromatic nitrogens is 1. The molecule has 0 aliphatic heterocycles. The van der Waals surface area contributed by atoms with E-state index in [1.807, 2.05) is 7.05 Å². The Balaban J connectivity index is 1.65. The van der Waals surface area contributed by atoms with Gasteiger partial charge in [-0.2, -0.15) is 0 Å². The molecule has 0 aliphatic rings. The maximum atomic E-state index is 3.47. The van der Waals surface area contributed by atoms with Crippen molar-refractivity contribution in [1.82, 2.24) is 4.98 Å². The molecule has 0 unspecified atom stereocenters. The zero-order valence-corrected chi connectivity index (χ0v) is 11.6. The Kier molecular flexibility index (Phi) is 3.59. The highest BCUT2D eigenvalue weighted by Crippen LogP contribution is 2.19. The van der Waals surface area contributed by atoms with Crippen molar-refractivity contribution in [2.24, 2.45) is 0 Å². The van der Waals surface area contributed by atoms with Gasteiger partial charge in [0.15, 0.2) is 0 Å². The summed E-state index contributed by atoms with van der Waals surface area (Å²) in [5.41, 5.74) is 4.84. The lowest BCUT2D eigenvalue weighted by atomic mass is 10.1. The molecule has 102 valence electrons. The number of benzene rings is 2. The monoisotopic (exact) mass is 265 g/mol. The molecule has 0 spiro atoms. The summed E-state index contributed by atoms with van der Waals surface area (Å²) in [6.45, 7) is 0.926. The van der Waals surface area contributed by atoms with E-state index in [9.17, 15) is 0 Å². The van der Waals surface area contributed by atoms with Crippen LogP contribution in [0.3, 0.4) is 0 Å². The van der Waals surface area contributed by atoms with Gasteiger partial charge in [-0.05, 0) is 36.2 Å². The Morgan fingerprint density at radius 2 is 1.85 bits per heavy atom. The molecule has 0 fully saturated rings. The summed E-state index contributed by atoms with van der Waals surface area (Å²) in [6.07, 6.45) is 3.12. The summed E-state index contributed by atoms with van der Waals surface area (Å²) in [5.74, 6) is 0. The SMILES string of the molecule is CNc1cccc(NCCc2c[nH]c3ccccc23)c1. The second kappa shape index (κ2) is 5.70. The van der Waals surface area contributed by atoms with E-state index in [1.54, 1.807) is 0 Å². The molecule has 0 saturated heterocycles. The minimum atomic E-state index is 0.926. The predicted octanol–water partition coefficient (Wildman–Crippen LogP) is 3.86. The normalized spacial score (nSPS) is 10.7. The van der Waals surface area contributed by atoms with Crippen molar-refractivity contribution < 1.29 is 0 Å². The van der Waals surface area contributed by atoms with Gasteiger partial charge < -0.3 is 15.6 Å². The fourth-order valence-corrected chi connectivity index (χ4v) is 2.46. The number of fused-ring (bicyclic) bond motifs is 1. The van der Waals surface area contributed by atoms with Crippen molar-refractivity contribution in [1.29, 1.82) is 0 Å². The molecule has 0 saturated carbocycles. The highest BCUT2D eigenvalue weighted by atomic mass is 14.9. The maximum absolute atomic E-state index is 3.47. The summed E-state index contributed by atoms with van der Waals surface area (Å²) >= 11 is 0. The van der Waals surface area contributed by atoms with Gasteiger partial charge >= 0.3 is 0 Å². The van der Waals surface area contributed by atoms with Crippen LogP contribution < -0.4 is 10.6 Å². The van der Waals surface area contributed by atoms with Crippen LogP contribution in [0.4, 0.5) is 11.4 Å². The van der Waals surface area contributed by atoms with E-state index in [2.05, 4.69) is 70.3 Å².